The lowest BCUT2D eigenvalue weighted by molar-refractivity contribution is 0.131. The third kappa shape index (κ3) is 3.71. The van der Waals surface area contributed by atoms with Crippen LogP contribution in [0.5, 0.6) is 5.75 Å². The third-order valence-electron chi connectivity index (χ3n) is 4.21. The number of hydrogen-bond acceptors (Lipinski definition) is 3. The van der Waals surface area contributed by atoms with E-state index in [1.54, 1.807) is 7.11 Å². The van der Waals surface area contributed by atoms with Gasteiger partial charge < -0.3 is 15.4 Å². The number of ether oxygens (including phenoxy) is 1. The number of nitrogens with zero attached hydrogens (tertiary/aromatic N) is 1. The summed E-state index contributed by atoms with van der Waals surface area (Å²) in [6.45, 7) is 4.40. The average Bonchev–Trinajstić information content (AvgIpc) is 2.37. The molecular weight excluding hydrogens is 304 g/mol. The van der Waals surface area contributed by atoms with Crippen molar-refractivity contribution < 1.29 is 4.74 Å². The van der Waals surface area contributed by atoms with Gasteiger partial charge in [-0.15, -0.1) is 0 Å². The zero-order valence-corrected chi connectivity index (χ0v) is 14.1. The normalized spacial score (nSPS) is 16.2. The second kappa shape index (κ2) is 6.73. The van der Waals surface area contributed by atoms with Gasteiger partial charge in [0.05, 0.1) is 11.6 Å². The molecule has 3 nitrogen and oxygen atoms in total. The molecule has 0 aliphatic heterocycles. The highest BCUT2D eigenvalue weighted by Crippen LogP contribution is 2.28. The van der Waals surface area contributed by atoms with Gasteiger partial charge in [0.25, 0.3) is 0 Å². The molecule has 0 aliphatic rings. The van der Waals surface area contributed by atoms with E-state index in [0.717, 1.165) is 23.1 Å². The summed E-state index contributed by atoms with van der Waals surface area (Å²) in [5, 5.41) is 0. The predicted molar refractivity (Wildman–Crippen MR) is 84.8 cm³/mol. The van der Waals surface area contributed by atoms with Crippen molar-refractivity contribution in [1.29, 1.82) is 0 Å². The molecule has 108 valence electrons. The Bertz CT molecular complexity index is 423. The van der Waals surface area contributed by atoms with Crippen molar-refractivity contribution in [1.82, 2.24) is 4.90 Å². The average molecular weight is 329 g/mol. The fourth-order valence-corrected chi connectivity index (χ4v) is 2.81. The monoisotopic (exact) mass is 328 g/mol. The first-order valence-corrected chi connectivity index (χ1v) is 7.39. The molecule has 1 rings (SSSR count). The highest BCUT2D eigenvalue weighted by molar-refractivity contribution is 9.10. The van der Waals surface area contributed by atoms with Gasteiger partial charge in [-0.25, -0.2) is 0 Å². The molecule has 4 heteroatoms. The Kier molecular flexibility index (Phi) is 5.83. The van der Waals surface area contributed by atoms with Crippen molar-refractivity contribution >= 4 is 15.9 Å². The van der Waals surface area contributed by atoms with Crippen LogP contribution in [0.2, 0.25) is 0 Å². The van der Waals surface area contributed by atoms with Gasteiger partial charge in [0.1, 0.15) is 5.75 Å². The van der Waals surface area contributed by atoms with Crippen LogP contribution in [-0.4, -0.2) is 37.7 Å². The molecule has 0 saturated heterocycles. The van der Waals surface area contributed by atoms with Crippen molar-refractivity contribution in [3.8, 4) is 5.75 Å². The molecule has 0 amide bonds. The smallest absolute Gasteiger partial charge is 0.133 e. The highest BCUT2D eigenvalue weighted by atomic mass is 79.9. The molecule has 0 fully saturated rings. The summed E-state index contributed by atoms with van der Waals surface area (Å²) in [4.78, 5) is 2.22. The lowest BCUT2D eigenvalue weighted by Gasteiger charge is -2.41. The van der Waals surface area contributed by atoms with Crippen LogP contribution in [0.25, 0.3) is 0 Å². The zero-order valence-electron chi connectivity index (χ0n) is 12.5. The van der Waals surface area contributed by atoms with Crippen molar-refractivity contribution in [3.05, 3.63) is 28.2 Å². The van der Waals surface area contributed by atoms with Crippen molar-refractivity contribution in [2.75, 3.05) is 21.2 Å². The number of hydrogen-bond donors (Lipinski definition) is 1. The van der Waals surface area contributed by atoms with Crippen LogP contribution in [0.3, 0.4) is 0 Å². The minimum Gasteiger partial charge on any atom is -0.496 e. The summed E-state index contributed by atoms with van der Waals surface area (Å²) < 4.78 is 6.22. The second-order valence-electron chi connectivity index (χ2n) is 5.38. The van der Waals surface area contributed by atoms with E-state index in [4.69, 9.17) is 10.5 Å². The highest BCUT2D eigenvalue weighted by Gasteiger charge is 2.32. The molecule has 2 unspecified atom stereocenters. The molecular formula is C15H25BrN2O. The van der Waals surface area contributed by atoms with Gasteiger partial charge in [0.2, 0.25) is 0 Å². The van der Waals surface area contributed by atoms with Gasteiger partial charge in [-0.3, -0.25) is 0 Å². The van der Waals surface area contributed by atoms with E-state index in [1.807, 2.05) is 6.07 Å². The van der Waals surface area contributed by atoms with Gasteiger partial charge in [0.15, 0.2) is 0 Å². The Hall–Kier alpha value is -0.580. The van der Waals surface area contributed by atoms with Crippen LogP contribution in [0.1, 0.15) is 25.8 Å². The first kappa shape index (κ1) is 16.5. The number of methoxy groups -OCH3 is 1. The standard InChI is InChI=1S/C15H25BrN2O/c1-6-15(2,18(3)4)14(17)10-11-7-8-13(19-5)12(16)9-11/h7-9,14H,6,10,17H2,1-5H3. The molecule has 19 heavy (non-hydrogen) atoms. The van der Waals surface area contributed by atoms with Crippen LogP contribution in [0.15, 0.2) is 22.7 Å². The molecule has 0 aromatic heterocycles. The molecule has 0 bridgehead atoms. The molecule has 0 heterocycles. The van der Waals surface area contributed by atoms with Gasteiger partial charge in [0, 0.05) is 11.6 Å². The predicted octanol–water partition coefficient (Wildman–Crippen LogP) is 3.06. The number of halogens is 1. The summed E-state index contributed by atoms with van der Waals surface area (Å²) in [6, 6.07) is 6.23. The lowest BCUT2D eigenvalue weighted by atomic mass is 9.85. The number of nitrogens with two attached hydrogens (primary N) is 1. The number of rotatable bonds is 6. The fraction of sp³-hybridized carbons (Fsp3) is 0.600. The van der Waals surface area contributed by atoms with E-state index in [2.05, 4.69) is 60.9 Å². The van der Waals surface area contributed by atoms with E-state index < -0.39 is 0 Å². The Morgan fingerprint density at radius 1 is 1.42 bits per heavy atom. The molecule has 1 aromatic rings. The van der Waals surface area contributed by atoms with Gasteiger partial charge in [-0.2, -0.15) is 0 Å². The maximum atomic E-state index is 6.43. The maximum Gasteiger partial charge on any atom is 0.133 e. The Labute approximate surface area is 125 Å². The van der Waals surface area contributed by atoms with Crippen LogP contribution < -0.4 is 10.5 Å². The maximum absolute atomic E-state index is 6.43. The molecule has 0 saturated carbocycles. The number of benzene rings is 1. The van der Waals surface area contributed by atoms with Gasteiger partial charge >= 0.3 is 0 Å². The summed E-state index contributed by atoms with van der Waals surface area (Å²) in [6.07, 6.45) is 1.88. The van der Waals surface area contributed by atoms with E-state index in [0.29, 0.717) is 0 Å². The summed E-state index contributed by atoms with van der Waals surface area (Å²) in [7, 11) is 5.85. The fourth-order valence-electron chi connectivity index (χ4n) is 2.22. The first-order valence-electron chi connectivity index (χ1n) is 6.60. The second-order valence-corrected chi connectivity index (χ2v) is 6.24. The topological polar surface area (TPSA) is 38.5 Å². The van der Waals surface area contributed by atoms with Crippen LogP contribution in [0.4, 0.5) is 0 Å². The molecule has 0 spiro atoms. The van der Waals surface area contributed by atoms with E-state index in [-0.39, 0.29) is 11.6 Å². The quantitative estimate of drug-likeness (QED) is 0.872. The van der Waals surface area contributed by atoms with Gasteiger partial charge in [-0.1, -0.05) is 13.0 Å². The molecule has 1 aromatic carbocycles. The summed E-state index contributed by atoms with van der Waals surface area (Å²) >= 11 is 3.52. The van der Waals surface area contributed by atoms with Crippen LogP contribution >= 0.6 is 15.9 Å². The lowest BCUT2D eigenvalue weighted by Crippen LogP contribution is -2.55. The zero-order chi connectivity index (χ0) is 14.6. The molecule has 0 radical (unpaired) electrons. The Morgan fingerprint density at radius 2 is 2.05 bits per heavy atom. The molecule has 2 N–H and O–H groups in total. The number of likely N-dealkylation sites (N-methyl/N-ethyl adjacent to an activating group) is 1. The third-order valence-corrected chi connectivity index (χ3v) is 4.83. The summed E-state index contributed by atoms with van der Waals surface area (Å²) in [5.41, 5.74) is 7.66. The molecule has 2 atom stereocenters. The van der Waals surface area contributed by atoms with Crippen molar-refractivity contribution in [2.45, 2.75) is 38.3 Å². The summed E-state index contributed by atoms with van der Waals surface area (Å²) in [5.74, 6) is 0.850. The first-order chi connectivity index (χ1) is 8.85. The SMILES string of the molecule is CCC(C)(C(N)Cc1ccc(OC)c(Br)c1)N(C)C. The van der Waals surface area contributed by atoms with Crippen molar-refractivity contribution in [3.63, 3.8) is 0 Å². The minimum absolute atomic E-state index is 0.00635. The van der Waals surface area contributed by atoms with Crippen LogP contribution in [-0.2, 0) is 6.42 Å². The van der Waals surface area contributed by atoms with E-state index >= 15 is 0 Å². The minimum atomic E-state index is 0.00635. The Morgan fingerprint density at radius 3 is 2.47 bits per heavy atom. The Balaban J connectivity index is 2.87. The largest absolute Gasteiger partial charge is 0.496 e. The molecule has 0 aliphatic carbocycles. The van der Waals surface area contributed by atoms with E-state index in [9.17, 15) is 0 Å². The van der Waals surface area contributed by atoms with Gasteiger partial charge in [-0.05, 0) is 67.5 Å². The van der Waals surface area contributed by atoms with Crippen molar-refractivity contribution in [2.24, 2.45) is 5.73 Å². The van der Waals surface area contributed by atoms with E-state index in [1.165, 1.54) is 5.56 Å². The van der Waals surface area contributed by atoms with Crippen LogP contribution in [0, 0.1) is 0 Å².